The molecule has 0 spiro atoms. The molecule has 0 radical (unpaired) electrons. The molecule has 0 amide bonds. The third-order valence-corrected chi connectivity index (χ3v) is 4.93. The monoisotopic (exact) mass is 496 g/mol. The second-order valence-electron chi connectivity index (χ2n) is 6.34. The number of benzene rings is 2. The Morgan fingerprint density at radius 2 is 1.77 bits per heavy atom. The number of nitrogens with one attached hydrogen (secondary N) is 1. The lowest BCUT2D eigenvalue weighted by Gasteiger charge is -2.14. The molecule has 1 aromatic heterocycles. The Morgan fingerprint density at radius 1 is 1.03 bits per heavy atom. The van der Waals surface area contributed by atoms with Crippen LogP contribution >= 0.6 is 15.9 Å². The molecule has 0 aliphatic heterocycles. The second-order valence-corrected chi connectivity index (χ2v) is 7.13. The molecular formula is C18H15BrF6N4O. The number of rotatable bonds is 7. The summed E-state index contributed by atoms with van der Waals surface area (Å²) in [5.74, 6) is -0.315. The fourth-order valence-electron chi connectivity index (χ4n) is 2.80. The van der Waals surface area contributed by atoms with Crippen LogP contribution in [0.2, 0.25) is 0 Å². The summed E-state index contributed by atoms with van der Waals surface area (Å²) in [7, 11) is 0. The largest absolute Gasteiger partial charge is 0.573 e. The molecule has 3 aromatic rings. The van der Waals surface area contributed by atoms with Crippen molar-refractivity contribution in [1.29, 1.82) is 0 Å². The number of aromatic nitrogens is 3. The lowest BCUT2D eigenvalue weighted by molar-refractivity contribution is -0.274. The van der Waals surface area contributed by atoms with Gasteiger partial charge in [0.2, 0.25) is 0 Å². The first-order chi connectivity index (χ1) is 14.0. The summed E-state index contributed by atoms with van der Waals surface area (Å²) in [5.41, 5.74) is 1.78. The zero-order chi connectivity index (χ0) is 21.9. The van der Waals surface area contributed by atoms with Gasteiger partial charge in [-0.3, -0.25) is 0 Å². The van der Waals surface area contributed by atoms with Gasteiger partial charge in [-0.05, 0) is 40.5 Å². The van der Waals surface area contributed by atoms with Gasteiger partial charge >= 0.3 is 12.5 Å². The molecule has 0 bridgehead atoms. The topological polar surface area (TPSA) is 52.0 Å². The summed E-state index contributed by atoms with van der Waals surface area (Å²) in [4.78, 5) is 0. The van der Waals surface area contributed by atoms with Gasteiger partial charge in [-0.15, -0.1) is 18.3 Å². The molecule has 2 aromatic carbocycles. The molecule has 0 atom stereocenters. The van der Waals surface area contributed by atoms with Crippen LogP contribution in [0.15, 0.2) is 40.9 Å². The zero-order valence-electron chi connectivity index (χ0n) is 15.2. The Hall–Kier alpha value is -2.50. The molecule has 162 valence electrons. The lowest BCUT2D eigenvalue weighted by atomic mass is 10.2. The summed E-state index contributed by atoms with van der Waals surface area (Å²) in [6, 6.07) is 9.01. The van der Waals surface area contributed by atoms with Crippen LogP contribution in [0.3, 0.4) is 0 Å². The smallest absolute Gasteiger partial charge is 0.405 e. The predicted molar refractivity (Wildman–Crippen MR) is 101 cm³/mol. The van der Waals surface area contributed by atoms with E-state index in [0.29, 0.717) is 21.2 Å². The molecule has 5 nitrogen and oxygen atoms in total. The van der Waals surface area contributed by atoms with Crippen molar-refractivity contribution in [2.45, 2.75) is 38.5 Å². The number of anilines is 1. The highest BCUT2D eigenvalue weighted by Gasteiger charge is 2.32. The van der Waals surface area contributed by atoms with Crippen molar-refractivity contribution in [2.75, 3.05) is 5.32 Å². The Bertz CT molecular complexity index is 1020. The van der Waals surface area contributed by atoms with E-state index in [1.165, 1.54) is 22.9 Å². The van der Waals surface area contributed by atoms with Crippen molar-refractivity contribution >= 4 is 32.7 Å². The van der Waals surface area contributed by atoms with Gasteiger partial charge in [0.25, 0.3) is 0 Å². The van der Waals surface area contributed by atoms with Gasteiger partial charge in [0.15, 0.2) is 0 Å². The van der Waals surface area contributed by atoms with E-state index in [1.54, 1.807) is 18.2 Å². The number of hydrogen-bond acceptors (Lipinski definition) is 4. The van der Waals surface area contributed by atoms with Gasteiger partial charge < -0.3 is 10.1 Å². The Labute approximate surface area is 175 Å². The van der Waals surface area contributed by atoms with E-state index in [0.717, 1.165) is 0 Å². The van der Waals surface area contributed by atoms with Crippen LogP contribution in [-0.4, -0.2) is 27.5 Å². The van der Waals surface area contributed by atoms with Crippen molar-refractivity contribution in [3.8, 4) is 5.75 Å². The SMILES string of the molecule is FC(F)(F)CCCn1nnc2c(Br)c(NCc3ccccc3OC(F)(F)F)ccc21. The Balaban J connectivity index is 1.73. The van der Waals surface area contributed by atoms with E-state index in [9.17, 15) is 26.3 Å². The fourth-order valence-corrected chi connectivity index (χ4v) is 3.35. The van der Waals surface area contributed by atoms with Gasteiger partial charge in [-0.1, -0.05) is 23.4 Å². The maximum absolute atomic E-state index is 12.5. The Kier molecular flexibility index (Phi) is 6.44. The van der Waals surface area contributed by atoms with E-state index < -0.39 is 19.0 Å². The van der Waals surface area contributed by atoms with Gasteiger partial charge in [0.1, 0.15) is 11.3 Å². The minimum Gasteiger partial charge on any atom is -0.405 e. The molecule has 0 aliphatic rings. The fraction of sp³-hybridized carbons (Fsp3) is 0.333. The van der Waals surface area contributed by atoms with Crippen LogP contribution < -0.4 is 10.1 Å². The minimum atomic E-state index is -4.81. The number of ether oxygens (including phenoxy) is 1. The van der Waals surface area contributed by atoms with Gasteiger partial charge in [-0.25, -0.2) is 4.68 Å². The number of fused-ring (bicyclic) bond motifs is 1. The predicted octanol–water partition coefficient (Wildman–Crippen LogP) is 6.05. The summed E-state index contributed by atoms with van der Waals surface area (Å²) in [6.07, 6.45) is -10.1. The highest BCUT2D eigenvalue weighted by Crippen LogP contribution is 2.32. The molecule has 1 heterocycles. The molecular weight excluding hydrogens is 482 g/mol. The number of halogens is 7. The molecule has 0 aliphatic carbocycles. The highest BCUT2D eigenvalue weighted by molar-refractivity contribution is 9.10. The van der Waals surface area contributed by atoms with Crippen molar-refractivity contribution in [2.24, 2.45) is 0 Å². The van der Waals surface area contributed by atoms with Gasteiger partial charge in [0.05, 0.1) is 15.7 Å². The summed E-state index contributed by atoms with van der Waals surface area (Å²) in [6.45, 7) is 0.0907. The quantitative estimate of drug-likeness (QED) is 0.404. The van der Waals surface area contributed by atoms with Gasteiger partial charge in [0, 0.05) is 25.1 Å². The molecule has 0 fully saturated rings. The highest BCUT2D eigenvalue weighted by atomic mass is 79.9. The van der Waals surface area contributed by atoms with Gasteiger partial charge in [-0.2, -0.15) is 13.2 Å². The van der Waals surface area contributed by atoms with Crippen LogP contribution in [-0.2, 0) is 13.1 Å². The number of alkyl halides is 6. The standard InChI is InChI=1S/C18H15BrF6N4O/c19-15-12(26-10-11-4-1-2-5-14(11)30-18(23,24)25)6-7-13-16(15)27-28-29(13)9-3-8-17(20,21)22/h1-2,4-7,26H,3,8-10H2. The molecule has 0 saturated carbocycles. The summed E-state index contributed by atoms with van der Waals surface area (Å²) < 4.78 is 80.5. The average Bonchev–Trinajstić information content (AvgIpc) is 3.04. The number of aryl methyl sites for hydroxylation is 1. The summed E-state index contributed by atoms with van der Waals surface area (Å²) in [5, 5.41) is 10.9. The lowest BCUT2D eigenvalue weighted by Crippen LogP contribution is -2.18. The molecule has 12 heteroatoms. The van der Waals surface area contributed by atoms with E-state index in [2.05, 4.69) is 36.3 Å². The van der Waals surface area contributed by atoms with Crippen LogP contribution in [0, 0.1) is 0 Å². The van der Waals surface area contributed by atoms with E-state index in [-0.39, 0.29) is 30.8 Å². The third kappa shape index (κ3) is 5.77. The number of nitrogens with zero attached hydrogens (tertiary/aromatic N) is 3. The van der Waals surface area contributed by atoms with Crippen LogP contribution in [0.1, 0.15) is 18.4 Å². The van der Waals surface area contributed by atoms with Crippen molar-refractivity contribution in [3.63, 3.8) is 0 Å². The first kappa shape index (κ1) is 22.2. The first-order valence-electron chi connectivity index (χ1n) is 8.69. The Morgan fingerprint density at radius 3 is 2.47 bits per heavy atom. The third-order valence-electron chi connectivity index (χ3n) is 4.12. The molecule has 1 N–H and O–H groups in total. The maximum atomic E-state index is 12.5. The molecule has 30 heavy (non-hydrogen) atoms. The second kappa shape index (κ2) is 8.70. The molecule has 0 saturated heterocycles. The zero-order valence-corrected chi connectivity index (χ0v) is 16.8. The van der Waals surface area contributed by atoms with Crippen molar-refractivity contribution in [1.82, 2.24) is 15.0 Å². The minimum absolute atomic E-state index is 0.0378. The first-order valence-corrected chi connectivity index (χ1v) is 9.49. The number of para-hydroxylation sites is 1. The maximum Gasteiger partial charge on any atom is 0.573 e. The van der Waals surface area contributed by atoms with Crippen LogP contribution in [0.5, 0.6) is 5.75 Å². The van der Waals surface area contributed by atoms with E-state index in [1.807, 2.05) is 0 Å². The van der Waals surface area contributed by atoms with Crippen LogP contribution in [0.4, 0.5) is 32.0 Å². The normalized spacial score (nSPS) is 12.4. The van der Waals surface area contributed by atoms with Crippen molar-refractivity contribution in [3.05, 3.63) is 46.4 Å². The van der Waals surface area contributed by atoms with Crippen LogP contribution in [0.25, 0.3) is 11.0 Å². The average molecular weight is 497 g/mol. The molecule has 0 unspecified atom stereocenters. The van der Waals surface area contributed by atoms with Crippen molar-refractivity contribution < 1.29 is 31.1 Å². The molecule has 3 rings (SSSR count). The van der Waals surface area contributed by atoms with E-state index >= 15 is 0 Å². The number of hydrogen-bond donors (Lipinski definition) is 1. The summed E-state index contributed by atoms with van der Waals surface area (Å²) >= 11 is 3.37. The van der Waals surface area contributed by atoms with E-state index in [4.69, 9.17) is 0 Å².